The van der Waals surface area contributed by atoms with Gasteiger partial charge in [-0.3, -0.25) is 9.78 Å². The van der Waals surface area contributed by atoms with Gasteiger partial charge in [-0.1, -0.05) is 12.1 Å². The molecule has 1 fully saturated rings. The van der Waals surface area contributed by atoms with Gasteiger partial charge >= 0.3 is 0 Å². The highest BCUT2D eigenvalue weighted by molar-refractivity contribution is 5.94. The molecular weight excluding hydrogens is 357 g/mol. The summed E-state index contributed by atoms with van der Waals surface area (Å²) in [7, 11) is 1.95. The molecule has 144 valence electrons. The van der Waals surface area contributed by atoms with Crippen molar-refractivity contribution in [3.8, 4) is 11.4 Å². The second-order valence-electron chi connectivity index (χ2n) is 7.15. The van der Waals surface area contributed by atoms with E-state index in [-0.39, 0.29) is 17.4 Å². The monoisotopic (exact) mass is 379 g/mol. The Morgan fingerprint density at radius 3 is 2.79 bits per heavy atom. The third kappa shape index (κ3) is 3.40. The van der Waals surface area contributed by atoms with Gasteiger partial charge in [0.25, 0.3) is 5.91 Å². The van der Waals surface area contributed by atoms with Crippen LogP contribution in [0.1, 0.15) is 40.6 Å². The molecule has 3 heterocycles. The van der Waals surface area contributed by atoms with Crippen molar-refractivity contribution in [1.82, 2.24) is 24.4 Å². The second kappa shape index (κ2) is 7.50. The topological polar surface area (TPSA) is 63.9 Å². The predicted molar refractivity (Wildman–Crippen MR) is 103 cm³/mol. The smallest absolute Gasteiger partial charge is 0.256 e. The van der Waals surface area contributed by atoms with Crippen molar-refractivity contribution in [2.24, 2.45) is 7.05 Å². The largest absolute Gasteiger partial charge is 0.338 e. The van der Waals surface area contributed by atoms with Gasteiger partial charge in [-0.2, -0.15) is 0 Å². The Morgan fingerprint density at radius 1 is 1.21 bits per heavy atom. The van der Waals surface area contributed by atoms with Gasteiger partial charge in [0.15, 0.2) is 0 Å². The van der Waals surface area contributed by atoms with Crippen molar-refractivity contribution < 1.29 is 9.18 Å². The lowest BCUT2D eigenvalue weighted by Gasteiger charge is -2.32. The van der Waals surface area contributed by atoms with Crippen LogP contribution in [0, 0.1) is 12.7 Å². The van der Waals surface area contributed by atoms with E-state index in [1.807, 2.05) is 18.5 Å². The highest BCUT2D eigenvalue weighted by Gasteiger charge is 2.28. The average molecular weight is 379 g/mol. The lowest BCUT2D eigenvalue weighted by atomic mass is 9.94. The second-order valence-corrected chi connectivity index (χ2v) is 7.15. The normalized spacial score (nSPS) is 17.0. The summed E-state index contributed by atoms with van der Waals surface area (Å²) in [6, 6.07) is 6.13. The Hall–Kier alpha value is -3.09. The maximum Gasteiger partial charge on any atom is 0.256 e. The van der Waals surface area contributed by atoms with Gasteiger partial charge < -0.3 is 9.47 Å². The summed E-state index contributed by atoms with van der Waals surface area (Å²) in [4.78, 5) is 28.0. The Bertz CT molecular complexity index is 1020. The lowest BCUT2D eigenvalue weighted by Crippen LogP contribution is -2.39. The van der Waals surface area contributed by atoms with Crippen LogP contribution in [0.2, 0.25) is 0 Å². The van der Waals surface area contributed by atoms with Gasteiger partial charge in [0.05, 0.1) is 29.3 Å². The van der Waals surface area contributed by atoms with Crippen LogP contribution < -0.4 is 0 Å². The Balaban J connectivity index is 1.57. The summed E-state index contributed by atoms with van der Waals surface area (Å²) in [5.41, 5.74) is 2.64. The molecule has 3 aromatic rings. The number of carbonyl (C=O) groups is 1. The minimum atomic E-state index is -0.483. The maximum atomic E-state index is 14.0. The van der Waals surface area contributed by atoms with E-state index in [2.05, 4.69) is 9.97 Å². The van der Waals surface area contributed by atoms with E-state index in [1.165, 1.54) is 12.1 Å². The molecule has 0 N–H and O–H groups in total. The van der Waals surface area contributed by atoms with Crippen LogP contribution in [0.5, 0.6) is 0 Å². The number of aromatic nitrogens is 4. The molecular formula is C21H22FN5O. The molecule has 4 rings (SSSR count). The first-order valence-corrected chi connectivity index (χ1v) is 9.39. The van der Waals surface area contributed by atoms with Crippen LogP contribution in [0.3, 0.4) is 0 Å². The van der Waals surface area contributed by atoms with Crippen molar-refractivity contribution in [1.29, 1.82) is 0 Å². The molecule has 1 saturated heterocycles. The van der Waals surface area contributed by atoms with Gasteiger partial charge in [0, 0.05) is 32.3 Å². The highest BCUT2D eigenvalue weighted by atomic mass is 19.1. The standard InChI is InChI=1S/C21H22FN5O/c1-14-24-12-20(26(14)2)19-11-23-10-18(25-19)15-6-5-9-27(13-15)21(28)16-7-3-4-8-17(16)22/h3-4,7-8,10-12,15H,5-6,9,13H2,1-2H3/t15-/m0/s1. The van der Waals surface area contributed by atoms with Crippen molar-refractivity contribution >= 4 is 5.91 Å². The number of rotatable bonds is 3. The quantitative estimate of drug-likeness (QED) is 0.700. The average Bonchev–Trinajstić information content (AvgIpc) is 3.07. The molecule has 0 aliphatic carbocycles. The Kier molecular flexibility index (Phi) is 4.90. The van der Waals surface area contributed by atoms with Gasteiger partial charge in [0.1, 0.15) is 17.3 Å². The number of halogens is 1. The lowest BCUT2D eigenvalue weighted by molar-refractivity contribution is 0.0701. The molecule has 2 aromatic heterocycles. The number of hydrogen-bond acceptors (Lipinski definition) is 4. The van der Waals surface area contributed by atoms with Crippen LogP contribution in [0.25, 0.3) is 11.4 Å². The molecule has 0 bridgehead atoms. The van der Waals surface area contributed by atoms with Crippen molar-refractivity contribution in [2.75, 3.05) is 13.1 Å². The summed E-state index contributed by atoms with van der Waals surface area (Å²) in [5.74, 6) is 0.227. The first-order chi connectivity index (χ1) is 13.5. The summed E-state index contributed by atoms with van der Waals surface area (Å²) >= 11 is 0. The van der Waals surface area contributed by atoms with Crippen LogP contribution in [0.4, 0.5) is 4.39 Å². The molecule has 1 aliphatic rings. The van der Waals surface area contributed by atoms with Crippen molar-refractivity contribution in [2.45, 2.75) is 25.7 Å². The van der Waals surface area contributed by atoms with Gasteiger partial charge in [-0.15, -0.1) is 0 Å². The van der Waals surface area contributed by atoms with Crippen molar-refractivity contribution in [3.63, 3.8) is 0 Å². The number of imidazole rings is 1. The van der Waals surface area contributed by atoms with E-state index in [0.29, 0.717) is 13.1 Å². The number of benzene rings is 1. The fourth-order valence-corrected chi connectivity index (χ4v) is 3.65. The van der Waals surface area contributed by atoms with Crippen LogP contribution in [-0.4, -0.2) is 43.4 Å². The molecule has 1 atom stereocenters. The fourth-order valence-electron chi connectivity index (χ4n) is 3.65. The van der Waals surface area contributed by atoms with Gasteiger partial charge in [-0.25, -0.2) is 14.4 Å². The molecule has 1 amide bonds. The van der Waals surface area contributed by atoms with E-state index in [9.17, 15) is 9.18 Å². The van der Waals surface area contributed by atoms with Crippen molar-refractivity contribution in [3.05, 3.63) is 65.8 Å². The molecule has 1 aromatic carbocycles. The fraction of sp³-hybridized carbons (Fsp3) is 0.333. The number of aryl methyl sites for hydroxylation is 1. The van der Waals surface area contributed by atoms with Crippen LogP contribution in [0.15, 0.2) is 42.9 Å². The zero-order valence-electron chi connectivity index (χ0n) is 16.0. The summed E-state index contributed by atoms with van der Waals surface area (Å²) in [6.07, 6.45) is 7.04. The maximum absolute atomic E-state index is 14.0. The summed E-state index contributed by atoms with van der Waals surface area (Å²) in [6.45, 7) is 3.07. The highest BCUT2D eigenvalue weighted by Crippen LogP contribution is 2.28. The molecule has 28 heavy (non-hydrogen) atoms. The zero-order valence-corrected chi connectivity index (χ0v) is 16.0. The van der Waals surface area contributed by atoms with Crippen LogP contribution in [-0.2, 0) is 7.05 Å². The molecule has 0 radical (unpaired) electrons. The molecule has 1 aliphatic heterocycles. The first kappa shape index (κ1) is 18.3. The minimum absolute atomic E-state index is 0.0752. The Morgan fingerprint density at radius 2 is 2.04 bits per heavy atom. The minimum Gasteiger partial charge on any atom is -0.338 e. The van der Waals surface area contributed by atoms with Gasteiger partial charge in [-0.05, 0) is 31.9 Å². The first-order valence-electron chi connectivity index (χ1n) is 9.39. The molecule has 0 unspecified atom stereocenters. The Labute approximate surface area is 163 Å². The number of likely N-dealkylation sites (tertiary alicyclic amines) is 1. The third-order valence-corrected chi connectivity index (χ3v) is 5.37. The zero-order chi connectivity index (χ0) is 19.7. The van der Waals surface area contributed by atoms with Gasteiger partial charge in [0.2, 0.25) is 0 Å². The molecule has 7 heteroatoms. The number of hydrogen-bond donors (Lipinski definition) is 0. The van der Waals surface area contributed by atoms with E-state index in [1.54, 1.807) is 35.6 Å². The van der Waals surface area contributed by atoms with E-state index in [0.717, 1.165) is 35.7 Å². The van der Waals surface area contributed by atoms with E-state index < -0.39 is 5.82 Å². The summed E-state index contributed by atoms with van der Waals surface area (Å²) < 4.78 is 16.0. The predicted octanol–water partition coefficient (Wildman–Crippen LogP) is 3.34. The van der Waals surface area contributed by atoms with E-state index in [4.69, 9.17) is 4.98 Å². The number of piperidine rings is 1. The molecule has 6 nitrogen and oxygen atoms in total. The number of amides is 1. The summed E-state index contributed by atoms with van der Waals surface area (Å²) in [5, 5.41) is 0. The van der Waals surface area contributed by atoms with Crippen LogP contribution >= 0.6 is 0 Å². The SMILES string of the molecule is Cc1ncc(-c2cncc([C@H]3CCCN(C(=O)c4ccccc4F)C3)n2)n1C. The third-order valence-electron chi connectivity index (χ3n) is 5.37. The molecule has 0 spiro atoms. The van der Waals surface area contributed by atoms with E-state index >= 15 is 0 Å². The number of carbonyl (C=O) groups excluding carboxylic acids is 1. The molecule has 0 saturated carbocycles. The number of nitrogens with zero attached hydrogens (tertiary/aromatic N) is 5.